The van der Waals surface area contributed by atoms with Gasteiger partial charge in [0.25, 0.3) is 0 Å². The summed E-state index contributed by atoms with van der Waals surface area (Å²) in [5.41, 5.74) is 0.431. The zero-order valence-corrected chi connectivity index (χ0v) is 12.4. The van der Waals surface area contributed by atoms with E-state index < -0.39 is 0 Å². The maximum atomic E-state index is 5.59. The highest BCUT2D eigenvalue weighted by Crippen LogP contribution is 2.36. The minimum Gasteiger partial charge on any atom is -0.475 e. The van der Waals surface area contributed by atoms with Crippen molar-refractivity contribution in [3.63, 3.8) is 0 Å². The van der Waals surface area contributed by atoms with Crippen LogP contribution >= 0.6 is 0 Å². The van der Waals surface area contributed by atoms with Crippen LogP contribution in [0, 0.1) is 5.41 Å². The first-order valence-corrected chi connectivity index (χ1v) is 7.20. The van der Waals surface area contributed by atoms with Crippen LogP contribution in [0.3, 0.4) is 0 Å². The summed E-state index contributed by atoms with van der Waals surface area (Å²) in [6, 6.07) is 2.40. The molecule has 19 heavy (non-hydrogen) atoms. The molecule has 1 heterocycles. The molecule has 1 atom stereocenters. The van der Waals surface area contributed by atoms with Crippen LogP contribution in [0.25, 0.3) is 0 Å². The number of nitrogens with zero attached hydrogens (tertiary/aromatic N) is 2. The molecule has 106 valence electrons. The Kier molecular flexibility index (Phi) is 4.27. The molecule has 1 aliphatic carbocycles. The molecule has 4 nitrogen and oxygen atoms in total. The molecule has 1 N–H and O–H groups in total. The Morgan fingerprint density at radius 2 is 2.16 bits per heavy atom. The van der Waals surface area contributed by atoms with E-state index in [9.17, 15) is 0 Å². The largest absolute Gasteiger partial charge is 0.475 e. The van der Waals surface area contributed by atoms with Gasteiger partial charge >= 0.3 is 0 Å². The first kappa shape index (κ1) is 14.1. The van der Waals surface area contributed by atoms with Crippen LogP contribution in [0.15, 0.2) is 12.4 Å². The molecule has 2 rings (SSSR count). The van der Waals surface area contributed by atoms with Gasteiger partial charge in [0.15, 0.2) is 0 Å². The first-order valence-electron chi connectivity index (χ1n) is 7.20. The van der Waals surface area contributed by atoms with Gasteiger partial charge < -0.3 is 10.1 Å². The molecule has 0 radical (unpaired) electrons. The summed E-state index contributed by atoms with van der Waals surface area (Å²) in [5.74, 6) is 1.51. The predicted molar refractivity (Wildman–Crippen MR) is 77.5 cm³/mol. The third-order valence-electron chi connectivity index (χ3n) is 3.56. The van der Waals surface area contributed by atoms with Gasteiger partial charge in [0.05, 0.1) is 6.10 Å². The van der Waals surface area contributed by atoms with Crippen molar-refractivity contribution in [2.45, 2.75) is 65.5 Å². The maximum absolute atomic E-state index is 5.59. The molecule has 4 heteroatoms. The van der Waals surface area contributed by atoms with E-state index in [-0.39, 0.29) is 6.10 Å². The third kappa shape index (κ3) is 4.37. The van der Waals surface area contributed by atoms with Crippen molar-refractivity contribution < 1.29 is 4.74 Å². The van der Waals surface area contributed by atoms with E-state index in [1.54, 1.807) is 6.33 Å². The lowest BCUT2D eigenvalue weighted by molar-refractivity contribution is 0.228. The summed E-state index contributed by atoms with van der Waals surface area (Å²) in [4.78, 5) is 8.41. The molecule has 0 bridgehead atoms. The van der Waals surface area contributed by atoms with Crippen molar-refractivity contribution in [2.24, 2.45) is 5.41 Å². The lowest BCUT2D eigenvalue weighted by Crippen LogP contribution is -2.32. The summed E-state index contributed by atoms with van der Waals surface area (Å²) < 4.78 is 5.59. The Morgan fingerprint density at radius 1 is 1.37 bits per heavy atom. The zero-order valence-electron chi connectivity index (χ0n) is 12.4. The molecular formula is C15H25N3O. The van der Waals surface area contributed by atoms with Gasteiger partial charge in [-0.15, -0.1) is 0 Å². The van der Waals surface area contributed by atoms with E-state index >= 15 is 0 Å². The van der Waals surface area contributed by atoms with E-state index in [0.29, 0.717) is 17.3 Å². The molecule has 0 aromatic carbocycles. The highest BCUT2D eigenvalue weighted by atomic mass is 16.5. The number of ether oxygens (including phenoxy) is 1. The predicted octanol–water partition coefficient (Wildman–Crippen LogP) is 3.64. The molecule has 1 saturated carbocycles. The highest BCUT2D eigenvalue weighted by molar-refractivity contribution is 5.38. The number of anilines is 1. The third-order valence-corrected chi connectivity index (χ3v) is 3.56. The monoisotopic (exact) mass is 263 g/mol. The molecule has 1 unspecified atom stereocenters. The van der Waals surface area contributed by atoms with Crippen molar-refractivity contribution in [3.8, 4) is 5.88 Å². The second kappa shape index (κ2) is 5.76. The second-order valence-corrected chi connectivity index (χ2v) is 6.51. The summed E-state index contributed by atoms with van der Waals surface area (Å²) >= 11 is 0. The Labute approximate surface area is 116 Å². The maximum Gasteiger partial charge on any atom is 0.218 e. The van der Waals surface area contributed by atoms with Crippen LogP contribution in [-0.2, 0) is 0 Å². The number of hydrogen-bond acceptors (Lipinski definition) is 4. The van der Waals surface area contributed by atoms with E-state index in [4.69, 9.17) is 4.74 Å². The van der Waals surface area contributed by atoms with Crippen LogP contribution in [-0.4, -0.2) is 22.1 Å². The van der Waals surface area contributed by atoms with Crippen molar-refractivity contribution >= 4 is 5.82 Å². The number of rotatable bonds is 4. The van der Waals surface area contributed by atoms with Gasteiger partial charge in [-0.3, -0.25) is 0 Å². The fourth-order valence-electron chi connectivity index (χ4n) is 2.75. The number of nitrogens with one attached hydrogen (secondary N) is 1. The average molecular weight is 263 g/mol. The fourth-order valence-corrected chi connectivity index (χ4v) is 2.75. The lowest BCUT2D eigenvalue weighted by atomic mass is 9.75. The summed E-state index contributed by atoms with van der Waals surface area (Å²) in [6.07, 6.45) is 6.71. The number of aromatic nitrogens is 2. The molecule has 1 aromatic heterocycles. The normalized spacial score (nSPS) is 22.3. The van der Waals surface area contributed by atoms with Gasteiger partial charge in [-0.25, -0.2) is 9.97 Å². The van der Waals surface area contributed by atoms with Gasteiger partial charge in [-0.05, 0) is 38.5 Å². The minimum atomic E-state index is 0.136. The SMILES string of the molecule is CC(C)Oc1cc(NC2CCCC(C)(C)C2)ncn1. The summed E-state index contributed by atoms with van der Waals surface area (Å²) in [5, 5.41) is 3.52. The molecule has 1 fully saturated rings. The van der Waals surface area contributed by atoms with E-state index in [0.717, 1.165) is 5.82 Å². The summed E-state index contributed by atoms with van der Waals surface area (Å²) in [6.45, 7) is 8.68. The van der Waals surface area contributed by atoms with Crippen molar-refractivity contribution in [2.75, 3.05) is 5.32 Å². The molecular weight excluding hydrogens is 238 g/mol. The molecule has 0 saturated heterocycles. The fraction of sp³-hybridized carbons (Fsp3) is 0.733. The first-order chi connectivity index (χ1) is 8.94. The molecule has 1 aromatic rings. The Morgan fingerprint density at radius 3 is 2.84 bits per heavy atom. The van der Waals surface area contributed by atoms with E-state index in [1.165, 1.54) is 25.7 Å². The van der Waals surface area contributed by atoms with Gasteiger partial charge in [0.2, 0.25) is 5.88 Å². The van der Waals surface area contributed by atoms with Crippen molar-refractivity contribution in [1.29, 1.82) is 0 Å². The van der Waals surface area contributed by atoms with E-state index in [2.05, 4.69) is 29.1 Å². The molecule has 0 aliphatic heterocycles. The lowest BCUT2D eigenvalue weighted by Gasteiger charge is -2.35. The van der Waals surface area contributed by atoms with Crippen LogP contribution in [0.1, 0.15) is 53.4 Å². The van der Waals surface area contributed by atoms with Crippen molar-refractivity contribution in [3.05, 3.63) is 12.4 Å². The van der Waals surface area contributed by atoms with Crippen LogP contribution in [0.4, 0.5) is 5.82 Å². The molecule has 1 aliphatic rings. The smallest absolute Gasteiger partial charge is 0.218 e. The standard InChI is InChI=1S/C15H25N3O/c1-11(2)19-14-8-13(16-10-17-14)18-12-6-5-7-15(3,4)9-12/h8,10-12H,5-7,9H2,1-4H3,(H,16,17,18). The molecule has 0 spiro atoms. The Hall–Kier alpha value is -1.32. The molecule has 0 amide bonds. The topological polar surface area (TPSA) is 47.0 Å². The Balaban J connectivity index is 1.98. The van der Waals surface area contributed by atoms with E-state index in [1.807, 2.05) is 19.9 Å². The zero-order chi connectivity index (χ0) is 13.9. The summed E-state index contributed by atoms with van der Waals surface area (Å²) in [7, 11) is 0. The van der Waals surface area contributed by atoms with Gasteiger partial charge in [-0.2, -0.15) is 0 Å². The average Bonchev–Trinajstić information content (AvgIpc) is 2.26. The minimum absolute atomic E-state index is 0.136. The van der Waals surface area contributed by atoms with Gasteiger partial charge in [0, 0.05) is 12.1 Å². The van der Waals surface area contributed by atoms with Crippen molar-refractivity contribution in [1.82, 2.24) is 9.97 Å². The highest BCUT2D eigenvalue weighted by Gasteiger charge is 2.28. The quantitative estimate of drug-likeness (QED) is 0.900. The second-order valence-electron chi connectivity index (χ2n) is 6.51. The van der Waals surface area contributed by atoms with Gasteiger partial charge in [-0.1, -0.05) is 20.3 Å². The van der Waals surface area contributed by atoms with Crippen LogP contribution in [0.5, 0.6) is 5.88 Å². The van der Waals surface area contributed by atoms with Gasteiger partial charge in [0.1, 0.15) is 12.1 Å². The Bertz CT molecular complexity index is 418. The van der Waals surface area contributed by atoms with Crippen LogP contribution in [0.2, 0.25) is 0 Å². The number of hydrogen-bond donors (Lipinski definition) is 1. The van der Waals surface area contributed by atoms with Crippen LogP contribution < -0.4 is 10.1 Å².